The van der Waals surface area contributed by atoms with Gasteiger partial charge in [-0.25, -0.2) is 13.8 Å². The van der Waals surface area contributed by atoms with Crippen molar-refractivity contribution in [3.63, 3.8) is 0 Å². The van der Waals surface area contributed by atoms with Crippen molar-refractivity contribution in [1.82, 2.24) is 10.3 Å². The van der Waals surface area contributed by atoms with E-state index in [0.717, 1.165) is 18.2 Å². The van der Waals surface area contributed by atoms with Crippen LogP contribution < -0.4 is 10.6 Å². The predicted octanol–water partition coefficient (Wildman–Crippen LogP) is 3.95. The maximum Gasteiger partial charge on any atom is 0.216 e. The van der Waals surface area contributed by atoms with Crippen molar-refractivity contribution in [3.8, 4) is 28.1 Å². The quantitative estimate of drug-likeness (QED) is 0.564. The SMILES string of the molecule is CC(=O)NCCNc1cc(-c2cc(F)ccc2F)cc(-c2cccc(O)c2)n1. The Hall–Kier alpha value is -3.48. The third-order valence-electron chi connectivity index (χ3n) is 4.01. The first-order valence-electron chi connectivity index (χ1n) is 8.67. The maximum atomic E-state index is 14.3. The number of aromatic hydroxyl groups is 1. The zero-order chi connectivity index (χ0) is 20.1. The number of nitrogens with zero attached hydrogens (tertiary/aromatic N) is 1. The van der Waals surface area contributed by atoms with Gasteiger partial charge in [0.15, 0.2) is 0 Å². The summed E-state index contributed by atoms with van der Waals surface area (Å²) in [7, 11) is 0. The van der Waals surface area contributed by atoms with Crippen LogP contribution in [-0.2, 0) is 4.79 Å². The first-order chi connectivity index (χ1) is 13.4. The molecule has 1 heterocycles. The molecule has 0 radical (unpaired) electrons. The molecular weight excluding hydrogens is 364 g/mol. The van der Waals surface area contributed by atoms with Crippen molar-refractivity contribution in [1.29, 1.82) is 0 Å². The van der Waals surface area contributed by atoms with Crippen molar-refractivity contribution < 1.29 is 18.7 Å². The fourth-order valence-corrected chi connectivity index (χ4v) is 2.74. The van der Waals surface area contributed by atoms with Crippen LogP contribution in [0.2, 0.25) is 0 Å². The molecule has 1 aromatic heterocycles. The van der Waals surface area contributed by atoms with Gasteiger partial charge in [-0.2, -0.15) is 0 Å². The van der Waals surface area contributed by atoms with E-state index in [0.29, 0.717) is 35.7 Å². The molecule has 0 saturated carbocycles. The number of halogens is 2. The van der Waals surface area contributed by atoms with Crippen LogP contribution in [-0.4, -0.2) is 29.1 Å². The van der Waals surface area contributed by atoms with Gasteiger partial charge in [0, 0.05) is 31.1 Å². The molecule has 0 saturated heterocycles. The number of pyridine rings is 1. The number of phenols is 1. The molecule has 28 heavy (non-hydrogen) atoms. The Bertz CT molecular complexity index is 1010. The lowest BCUT2D eigenvalue weighted by molar-refractivity contribution is -0.118. The number of aromatic nitrogens is 1. The summed E-state index contributed by atoms with van der Waals surface area (Å²) in [5.41, 5.74) is 1.66. The molecule has 1 amide bonds. The summed E-state index contributed by atoms with van der Waals surface area (Å²) in [5.74, 6) is -0.747. The molecule has 0 atom stereocenters. The van der Waals surface area contributed by atoms with E-state index in [2.05, 4.69) is 15.6 Å². The van der Waals surface area contributed by atoms with E-state index in [9.17, 15) is 18.7 Å². The zero-order valence-corrected chi connectivity index (χ0v) is 15.2. The van der Waals surface area contributed by atoms with E-state index < -0.39 is 11.6 Å². The average molecular weight is 383 g/mol. The molecule has 0 aliphatic carbocycles. The van der Waals surface area contributed by atoms with Crippen molar-refractivity contribution in [2.75, 3.05) is 18.4 Å². The normalized spacial score (nSPS) is 10.5. The monoisotopic (exact) mass is 383 g/mol. The smallest absolute Gasteiger partial charge is 0.216 e. The summed E-state index contributed by atoms with van der Waals surface area (Å²) in [4.78, 5) is 15.5. The molecule has 144 valence electrons. The van der Waals surface area contributed by atoms with Crippen molar-refractivity contribution in [2.45, 2.75) is 6.92 Å². The summed E-state index contributed by atoms with van der Waals surface area (Å²) < 4.78 is 27.9. The second-order valence-electron chi connectivity index (χ2n) is 6.21. The van der Waals surface area contributed by atoms with Crippen LogP contribution in [0.4, 0.5) is 14.6 Å². The van der Waals surface area contributed by atoms with Crippen LogP contribution in [0, 0.1) is 11.6 Å². The van der Waals surface area contributed by atoms with Gasteiger partial charge in [-0.1, -0.05) is 12.1 Å². The second kappa shape index (κ2) is 8.47. The number of benzene rings is 2. The summed E-state index contributed by atoms with van der Waals surface area (Å²) >= 11 is 0. The Balaban J connectivity index is 2.00. The lowest BCUT2D eigenvalue weighted by Crippen LogP contribution is -2.26. The van der Waals surface area contributed by atoms with E-state index in [4.69, 9.17) is 0 Å². The van der Waals surface area contributed by atoms with Crippen molar-refractivity contribution in [2.24, 2.45) is 0 Å². The van der Waals surface area contributed by atoms with Gasteiger partial charge in [0.25, 0.3) is 0 Å². The number of anilines is 1. The van der Waals surface area contributed by atoms with Gasteiger partial charge < -0.3 is 15.7 Å². The summed E-state index contributed by atoms with van der Waals surface area (Å²) in [6.45, 7) is 2.21. The molecule has 0 spiro atoms. The average Bonchev–Trinajstić information content (AvgIpc) is 2.67. The standard InChI is InChI=1S/C21H19F2N3O2/c1-13(27)24-7-8-25-21-11-15(18-12-16(22)5-6-19(18)23)10-20(26-21)14-3-2-4-17(28)9-14/h2-6,9-12,28H,7-8H2,1H3,(H,24,27)(H,25,26). The fraction of sp³-hybridized carbons (Fsp3) is 0.143. The summed E-state index contributed by atoms with van der Waals surface area (Å²) in [6, 6.07) is 13.0. The number of carbonyl (C=O) groups is 1. The number of hydrogen-bond donors (Lipinski definition) is 3. The lowest BCUT2D eigenvalue weighted by atomic mass is 10.0. The predicted molar refractivity (Wildman–Crippen MR) is 104 cm³/mol. The molecule has 0 bridgehead atoms. The Morgan fingerprint density at radius 2 is 1.86 bits per heavy atom. The highest BCUT2D eigenvalue weighted by molar-refractivity contribution is 5.75. The molecule has 3 aromatic rings. The minimum Gasteiger partial charge on any atom is -0.508 e. The van der Waals surface area contributed by atoms with Gasteiger partial charge in [0.1, 0.15) is 23.2 Å². The van der Waals surface area contributed by atoms with Crippen molar-refractivity contribution >= 4 is 11.7 Å². The molecule has 5 nitrogen and oxygen atoms in total. The number of carbonyl (C=O) groups excluding carboxylic acids is 1. The third-order valence-corrected chi connectivity index (χ3v) is 4.01. The van der Waals surface area contributed by atoms with E-state index in [1.54, 1.807) is 24.3 Å². The number of amides is 1. The van der Waals surface area contributed by atoms with Gasteiger partial charge in [-0.15, -0.1) is 0 Å². The van der Waals surface area contributed by atoms with Crippen LogP contribution in [0.15, 0.2) is 54.6 Å². The van der Waals surface area contributed by atoms with Gasteiger partial charge in [-0.05, 0) is 48.0 Å². The number of hydrogen-bond acceptors (Lipinski definition) is 4. The number of phenolic OH excluding ortho intramolecular Hbond substituents is 1. The topological polar surface area (TPSA) is 74.2 Å². The third kappa shape index (κ3) is 4.82. The number of nitrogens with one attached hydrogen (secondary N) is 2. The molecule has 7 heteroatoms. The second-order valence-corrected chi connectivity index (χ2v) is 6.21. The van der Waals surface area contributed by atoms with Crippen LogP contribution >= 0.6 is 0 Å². The molecule has 0 fully saturated rings. The van der Waals surface area contributed by atoms with Crippen LogP contribution in [0.1, 0.15) is 6.92 Å². The first kappa shape index (κ1) is 19.3. The maximum absolute atomic E-state index is 14.3. The highest BCUT2D eigenvalue weighted by Gasteiger charge is 2.12. The zero-order valence-electron chi connectivity index (χ0n) is 15.2. The van der Waals surface area contributed by atoms with E-state index >= 15 is 0 Å². The first-order valence-corrected chi connectivity index (χ1v) is 8.67. The Morgan fingerprint density at radius 1 is 1.04 bits per heavy atom. The summed E-state index contributed by atoms with van der Waals surface area (Å²) in [5, 5.41) is 15.5. The largest absolute Gasteiger partial charge is 0.508 e. The van der Waals surface area contributed by atoms with Gasteiger partial charge in [0.05, 0.1) is 5.69 Å². The van der Waals surface area contributed by atoms with Crippen molar-refractivity contribution in [3.05, 3.63) is 66.2 Å². The van der Waals surface area contributed by atoms with Gasteiger partial charge >= 0.3 is 0 Å². The highest BCUT2D eigenvalue weighted by atomic mass is 19.1. The van der Waals surface area contributed by atoms with Crippen LogP contribution in [0.3, 0.4) is 0 Å². The Labute approximate surface area is 161 Å². The summed E-state index contributed by atoms with van der Waals surface area (Å²) in [6.07, 6.45) is 0. The van der Waals surface area contributed by atoms with Gasteiger partial charge in [0.2, 0.25) is 5.91 Å². The van der Waals surface area contributed by atoms with E-state index in [-0.39, 0.29) is 17.2 Å². The van der Waals surface area contributed by atoms with Crippen LogP contribution in [0.5, 0.6) is 5.75 Å². The Kier molecular flexibility index (Phi) is 5.84. The molecule has 0 aliphatic rings. The molecule has 0 unspecified atom stereocenters. The Morgan fingerprint density at radius 3 is 2.61 bits per heavy atom. The van der Waals surface area contributed by atoms with Crippen LogP contribution in [0.25, 0.3) is 22.4 Å². The highest BCUT2D eigenvalue weighted by Crippen LogP contribution is 2.31. The number of rotatable bonds is 6. The van der Waals surface area contributed by atoms with E-state index in [1.807, 2.05) is 0 Å². The molecule has 0 aliphatic heterocycles. The molecular formula is C21H19F2N3O2. The van der Waals surface area contributed by atoms with Gasteiger partial charge in [-0.3, -0.25) is 4.79 Å². The molecule has 2 aromatic carbocycles. The minimum atomic E-state index is -0.557. The molecule has 3 N–H and O–H groups in total. The minimum absolute atomic E-state index is 0.0711. The fourth-order valence-electron chi connectivity index (χ4n) is 2.74. The van der Waals surface area contributed by atoms with E-state index in [1.165, 1.54) is 19.1 Å². The molecule has 3 rings (SSSR count). The lowest BCUT2D eigenvalue weighted by Gasteiger charge is -2.12.